The summed E-state index contributed by atoms with van der Waals surface area (Å²) in [7, 11) is 0. The number of anilines is 4. The molecule has 0 bridgehead atoms. The Kier molecular flexibility index (Phi) is 5.14. The Morgan fingerprint density at radius 1 is 1.12 bits per heavy atom. The van der Waals surface area contributed by atoms with Gasteiger partial charge < -0.3 is 10.2 Å². The Balaban J connectivity index is 1.91. The van der Waals surface area contributed by atoms with Gasteiger partial charge >= 0.3 is 0 Å². The highest BCUT2D eigenvalue weighted by Crippen LogP contribution is 2.26. The second-order valence-corrected chi connectivity index (χ2v) is 6.25. The van der Waals surface area contributed by atoms with Crippen LogP contribution in [0.25, 0.3) is 0 Å². The molecule has 128 valence electrons. The van der Waals surface area contributed by atoms with E-state index in [2.05, 4.69) is 46.5 Å². The highest BCUT2D eigenvalue weighted by Gasteiger charge is 2.12. The van der Waals surface area contributed by atoms with E-state index in [1.807, 2.05) is 42.2 Å². The first-order valence-electron chi connectivity index (χ1n) is 8.14. The van der Waals surface area contributed by atoms with Crippen molar-refractivity contribution in [1.29, 1.82) is 0 Å². The highest BCUT2D eigenvalue weighted by atomic mass is 35.5. The molecule has 0 unspecified atom stereocenters. The van der Waals surface area contributed by atoms with E-state index < -0.39 is 0 Å². The SMILES string of the molecule is CCN(c1cccc(C)c1)c1nncc(Nc2cc(Cl)ccc2C)n1. The average molecular weight is 354 g/mol. The lowest BCUT2D eigenvalue weighted by atomic mass is 10.2. The molecule has 0 aliphatic heterocycles. The van der Waals surface area contributed by atoms with E-state index in [0.717, 1.165) is 23.5 Å². The van der Waals surface area contributed by atoms with E-state index in [4.69, 9.17) is 11.6 Å². The van der Waals surface area contributed by atoms with Crippen LogP contribution in [-0.2, 0) is 0 Å². The van der Waals surface area contributed by atoms with Crippen LogP contribution in [0.2, 0.25) is 5.02 Å². The van der Waals surface area contributed by atoms with Crippen molar-refractivity contribution in [1.82, 2.24) is 15.2 Å². The molecule has 0 saturated carbocycles. The third-order valence-electron chi connectivity index (χ3n) is 3.88. The summed E-state index contributed by atoms with van der Waals surface area (Å²) in [5.41, 5.74) is 4.21. The van der Waals surface area contributed by atoms with Crippen molar-refractivity contribution in [2.75, 3.05) is 16.8 Å². The lowest BCUT2D eigenvalue weighted by Gasteiger charge is -2.21. The van der Waals surface area contributed by atoms with E-state index in [1.165, 1.54) is 5.56 Å². The molecule has 0 spiro atoms. The van der Waals surface area contributed by atoms with E-state index in [9.17, 15) is 0 Å². The zero-order valence-electron chi connectivity index (χ0n) is 14.5. The third-order valence-corrected chi connectivity index (χ3v) is 4.12. The number of hydrogen-bond donors (Lipinski definition) is 1. The second kappa shape index (κ2) is 7.49. The van der Waals surface area contributed by atoms with Crippen LogP contribution in [-0.4, -0.2) is 21.7 Å². The van der Waals surface area contributed by atoms with Gasteiger partial charge in [0.2, 0.25) is 0 Å². The smallest absolute Gasteiger partial charge is 0.251 e. The zero-order chi connectivity index (χ0) is 17.8. The van der Waals surface area contributed by atoms with Crippen LogP contribution in [0.4, 0.5) is 23.1 Å². The maximum atomic E-state index is 6.09. The standard InChI is InChI=1S/C19H20ClN5/c1-4-25(16-7-5-6-13(2)10-16)19-23-18(12-21-24-19)22-17-11-15(20)9-8-14(17)3/h5-12H,4H2,1-3H3,(H,22,23,24). The Morgan fingerprint density at radius 3 is 2.72 bits per heavy atom. The molecule has 0 saturated heterocycles. The first-order chi connectivity index (χ1) is 12.1. The molecule has 3 rings (SSSR count). The van der Waals surface area contributed by atoms with Crippen LogP contribution in [0.5, 0.6) is 0 Å². The van der Waals surface area contributed by atoms with Gasteiger partial charge in [-0.3, -0.25) is 0 Å². The van der Waals surface area contributed by atoms with Gasteiger partial charge in [0.05, 0.1) is 6.20 Å². The molecule has 25 heavy (non-hydrogen) atoms. The Labute approximate surface area is 152 Å². The van der Waals surface area contributed by atoms with Crippen molar-refractivity contribution in [3.05, 3.63) is 64.8 Å². The van der Waals surface area contributed by atoms with Crippen LogP contribution in [0.15, 0.2) is 48.7 Å². The van der Waals surface area contributed by atoms with Gasteiger partial charge in [-0.15, -0.1) is 5.10 Å². The predicted octanol–water partition coefficient (Wildman–Crippen LogP) is 5.04. The Hall–Kier alpha value is -2.66. The number of nitrogens with zero attached hydrogens (tertiary/aromatic N) is 4. The van der Waals surface area contributed by atoms with Gasteiger partial charge in [0.15, 0.2) is 5.82 Å². The van der Waals surface area contributed by atoms with Gasteiger partial charge in [-0.05, 0) is 56.2 Å². The minimum Gasteiger partial charge on any atom is -0.339 e. The van der Waals surface area contributed by atoms with Crippen LogP contribution < -0.4 is 10.2 Å². The van der Waals surface area contributed by atoms with E-state index in [1.54, 1.807) is 6.20 Å². The zero-order valence-corrected chi connectivity index (χ0v) is 15.2. The van der Waals surface area contributed by atoms with Gasteiger partial charge in [0.25, 0.3) is 5.95 Å². The fraction of sp³-hybridized carbons (Fsp3) is 0.211. The molecule has 0 radical (unpaired) electrons. The van der Waals surface area contributed by atoms with Gasteiger partial charge in [-0.1, -0.05) is 29.8 Å². The van der Waals surface area contributed by atoms with Gasteiger partial charge in [0, 0.05) is 22.9 Å². The van der Waals surface area contributed by atoms with Crippen molar-refractivity contribution in [2.45, 2.75) is 20.8 Å². The largest absolute Gasteiger partial charge is 0.339 e. The van der Waals surface area contributed by atoms with Crippen LogP contribution in [0.3, 0.4) is 0 Å². The number of benzene rings is 2. The molecule has 0 aliphatic carbocycles. The Bertz CT molecular complexity index is 881. The number of nitrogens with one attached hydrogen (secondary N) is 1. The normalized spacial score (nSPS) is 10.6. The summed E-state index contributed by atoms with van der Waals surface area (Å²) in [5.74, 6) is 1.18. The summed E-state index contributed by atoms with van der Waals surface area (Å²) in [6.07, 6.45) is 1.61. The average Bonchev–Trinajstić information content (AvgIpc) is 2.59. The maximum Gasteiger partial charge on any atom is 0.251 e. The molecule has 0 amide bonds. The van der Waals surface area contributed by atoms with Crippen molar-refractivity contribution in [3.63, 3.8) is 0 Å². The topological polar surface area (TPSA) is 53.9 Å². The summed E-state index contributed by atoms with van der Waals surface area (Å²) in [5, 5.41) is 12.2. The Morgan fingerprint density at radius 2 is 1.96 bits per heavy atom. The molecule has 0 fully saturated rings. The first-order valence-corrected chi connectivity index (χ1v) is 8.51. The maximum absolute atomic E-state index is 6.09. The van der Waals surface area contributed by atoms with Crippen molar-refractivity contribution >= 4 is 34.7 Å². The lowest BCUT2D eigenvalue weighted by molar-refractivity contribution is 0.886. The molecule has 1 N–H and O–H groups in total. The van der Waals surface area contributed by atoms with Crippen molar-refractivity contribution < 1.29 is 0 Å². The van der Waals surface area contributed by atoms with Gasteiger partial charge in [0.1, 0.15) is 0 Å². The minimum absolute atomic E-state index is 0.554. The summed E-state index contributed by atoms with van der Waals surface area (Å²) in [6, 6.07) is 13.9. The molecular weight excluding hydrogens is 334 g/mol. The monoisotopic (exact) mass is 353 g/mol. The molecule has 1 aromatic heterocycles. The van der Waals surface area contributed by atoms with Crippen molar-refractivity contribution in [3.8, 4) is 0 Å². The fourth-order valence-corrected chi connectivity index (χ4v) is 2.74. The number of rotatable bonds is 5. The molecule has 2 aromatic carbocycles. The number of aromatic nitrogens is 3. The molecule has 6 heteroatoms. The van der Waals surface area contributed by atoms with E-state index in [-0.39, 0.29) is 0 Å². The molecule has 5 nitrogen and oxygen atoms in total. The number of aryl methyl sites for hydroxylation is 2. The number of halogens is 1. The highest BCUT2D eigenvalue weighted by molar-refractivity contribution is 6.30. The second-order valence-electron chi connectivity index (χ2n) is 5.81. The fourth-order valence-electron chi connectivity index (χ4n) is 2.57. The summed E-state index contributed by atoms with van der Waals surface area (Å²) < 4.78 is 0. The minimum atomic E-state index is 0.554. The van der Waals surface area contributed by atoms with Crippen LogP contribution >= 0.6 is 11.6 Å². The predicted molar refractivity (Wildman–Crippen MR) is 103 cm³/mol. The molecular formula is C19H20ClN5. The first kappa shape index (κ1) is 17.2. The molecule has 0 atom stereocenters. The van der Waals surface area contributed by atoms with E-state index >= 15 is 0 Å². The summed E-state index contributed by atoms with van der Waals surface area (Å²) >= 11 is 6.09. The summed E-state index contributed by atoms with van der Waals surface area (Å²) in [6.45, 7) is 6.88. The van der Waals surface area contributed by atoms with Crippen molar-refractivity contribution in [2.24, 2.45) is 0 Å². The molecule has 0 aliphatic rings. The van der Waals surface area contributed by atoms with Gasteiger partial charge in [-0.2, -0.15) is 10.1 Å². The summed E-state index contributed by atoms with van der Waals surface area (Å²) in [4.78, 5) is 6.64. The number of hydrogen-bond acceptors (Lipinski definition) is 5. The quantitative estimate of drug-likeness (QED) is 0.696. The third kappa shape index (κ3) is 4.06. The molecule has 1 heterocycles. The van der Waals surface area contributed by atoms with E-state index in [0.29, 0.717) is 16.8 Å². The van der Waals surface area contributed by atoms with Gasteiger partial charge in [-0.25, -0.2) is 0 Å². The molecule has 3 aromatic rings. The van der Waals surface area contributed by atoms with Crippen LogP contribution in [0.1, 0.15) is 18.1 Å². The lowest BCUT2D eigenvalue weighted by Crippen LogP contribution is -2.19. The van der Waals surface area contributed by atoms with Crippen LogP contribution in [0, 0.1) is 13.8 Å².